The maximum absolute atomic E-state index is 13.8. The number of aliphatic hydroxyl groups is 1. The van der Waals surface area contributed by atoms with Crippen LogP contribution in [-0.2, 0) is 25.7 Å². The van der Waals surface area contributed by atoms with Crippen LogP contribution in [0.4, 0.5) is 23.4 Å². The lowest BCUT2D eigenvalue weighted by atomic mass is 10.0. The first-order chi connectivity index (χ1) is 19.1. The quantitative estimate of drug-likeness (QED) is 0.374. The van der Waals surface area contributed by atoms with Gasteiger partial charge in [-0.05, 0) is 49.6 Å². The van der Waals surface area contributed by atoms with Crippen LogP contribution in [-0.4, -0.2) is 89.7 Å². The van der Waals surface area contributed by atoms with Crippen LogP contribution >= 0.6 is 0 Å². The number of halogens is 4. The summed E-state index contributed by atoms with van der Waals surface area (Å²) < 4.78 is 50.9. The van der Waals surface area contributed by atoms with Crippen molar-refractivity contribution >= 4 is 35.1 Å². The van der Waals surface area contributed by atoms with Gasteiger partial charge in [-0.15, -0.1) is 0 Å². The van der Waals surface area contributed by atoms with Crippen LogP contribution in [0.3, 0.4) is 0 Å². The molecular formula is C26H28F4N4O6. The van der Waals surface area contributed by atoms with E-state index in [4.69, 9.17) is 9.53 Å². The molecule has 1 aromatic carbocycles. The zero-order valence-electron chi connectivity index (χ0n) is 21.5. The smallest absolute Gasteiger partial charge is 0.379 e. The van der Waals surface area contributed by atoms with Crippen molar-refractivity contribution in [2.45, 2.75) is 32.4 Å². The van der Waals surface area contributed by atoms with Crippen LogP contribution in [0.2, 0.25) is 0 Å². The second-order valence-electron chi connectivity index (χ2n) is 9.40. The SMILES string of the molecule is Cc1c(/C=C2\C(=O)Nc3ccc(F)cc32)[nH]c2c1C(=O)N(C[C@H](O)N1CCOCC1)CCC2.O=C(OF)C(F)F. The van der Waals surface area contributed by atoms with E-state index < -0.39 is 24.4 Å². The first kappa shape index (κ1) is 29.2. The standard InChI is InChI=1S/C24H27FN4O4.C2HF3O2/c1-14-20(12-17-16-11-15(25)4-5-18(16)27-23(17)31)26-19-3-2-6-29(24(32)22(14)19)13-21(30)28-7-9-33-10-8-28;3-1(4)2(6)7-5/h4-5,11-12,21,26,30H,2-3,6-10,13H2,1H3,(H,27,31);1H/b17-12-;/t21-;/m0./s1. The molecule has 4 heterocycles. The lowest BCUT2D eigenvalue weighted by Crippen LogP contribution is -2.50. The lowest BCUT2D eigenvalue weighted by molar-refractivity contribution is -0.196. The number of benzene rings is 1. The van der Waals surface area contributed by atoms with Crippen molar-refractivity contribution in [3.05, 3.63) is 52.1 Å². The molecule has 14 heteroatoms. The number of β-amino-alcohol motifs (C(OH)–C–C–N with tert-alkyl or cyclic N) is 1. The van der Waals surface area contributed by atoms with Crippen molar-refractivity contribution in [3.63, 3.8) is 0 Å². The molecule has 2 aromatic rings. The van der Waals surface area contributed by atoms with Crippen molar-refractivity contribution in [3.8, 4) is 0 Å². The van der Waals surface area contributed by atoms with Gasteiger partial charge in [0.2, 0.25) is 0 Å². The molecule has 0 bridgehead atoms. The molecule has 5 rings (SSSR count). The van der Waals surface area contributed by atoms with Gasteiger partial charge in [0.25, 0.3) is 11.8 Å². The average Bonchev–Trinajstić information content (AvgIpc) is 3.36. The third-order valence-electron chi connectivity index (χ3n) is 6.88. The third-order valence-corrected chi connectivity index (χ3v) is 6.88. The molecule has 216 valence electrons. The highest BCUT2D eigenvalue weighted by Gasteiger charge is 2.31. The number of nitrogens with zero attached hydrogens (tertiary/aromatic N) is 2. The highest BCUT2D eigenvalue weighted by Crippen LogP contribution is 2.35. The highest BCUT2D eigenvalue weighted by molar-refractivity contribution is 6.34. The van der Waals surface area contributed by atoms with Gasteiger partial charge in [-0.3, -0.25) is 14.5 Å². The van der Waals surface area contributed by atoms with Crippen LogP contribution in [0, 0.1) is 12.7 Å². The molecule has 3 aliphatic rings. The molecule has 1 aromatic heterocycles. The van der Waals surface area contributed by atoms with Crippen molar-refractivity contribution in [2.24, 2.45) is 0 Å². The number of rotatable bonds is 5. The molecule has 0 unspecified atom stereocenters. The minimum atomic E-state index is -3.37. The van der Waals surface area contributed by atoms with E-state index in [2.05, 4.69) is 15.2 Å². The summed E-state index contributed by atoms with van der Waals surface area (Å²) >= 11 is 0. The highest BCUT2D eigenvalue weighted by atomic mass is 19.3. The fourth-order valence-corrected chi connectivity index (χ4v) is 4.85. The Morgan fingerprint density at radius 2 is 1.95 bits per heavy atom. The van der Waals surface area contributed by atoms with E-state index in [1.54, 1.807) is 17.0 Å². The number of ether oxygens (including phenoxy) is 1. The summed E-state index contributed by atoms with van der Waals surface area (Å²) in [5.41, 5.74) is 4.25. The Morgan fingerprint density at radius 1 is 1.23 bits per heavy atom. The van der Waals surface area contributed by atoms with Crippen LogP contribution in [0.25, 0.3) is 11.6 Å². The van der Waals surface area contributed by atoms with Gasteiger partial charge in [-0.25, -0.2) is 14.1 Å². The summed E-state index contributed by atoms with van der Waals surface area (Å²) in [7, 11) is 0. The molecule has 1 saturated heterocycles. The number of hydrogen-bond donors (Lipinski definition) is 3. The molecule has 40 heavy (non-hydrogen) atoms. The van der Waals surface area contributed by atoms with E-state index in [1.165, 1.54) is 12.1 Å². The zero-order valence-corrected chi connectivity index (χ0v) is 21.5. The second kappa shape index (κ2) is 12.6. The number of aliphatic hydroxyl groups excluding tert-OH is 1. The predicted molar refractivity (Wildman–Crippen MR) is 134 cm³/mol. The number of carbonyl (C=O) groups excluding carboxylic acids is 3. The van der Waals surface area contributed by atoms with Crippen molar-refractivity contribution in [1.29, 1.82) is 0 Å². The zero-order chi connectivity index (χ0) is 29.0. The van der Waals surface area contributed by atoms with E-state index in [9.17, 15) is 32.4 Å². The number of anilines is 1. The molecule has 0 radical (unpaired) electrons. The fourth-order valence-electron chi connectivity index (χ4n) is 4.85. The van der Waals surface area contributed by atoms with E-state index in [0.29, 0.717) is 67.4 Å². The number of nitrogens with one attached hydrogen (secondary N) is 2. The molecule has 2 amide bonds. The molecule has 10 nitrogen and oxygen atoms in total. The maximum Gasteiger partial charge on any atom is 0.414 e. The number of aryl methyl sites for hydroxylation is 1. The average molecular weight is 569 g/mol. The topological polar surface area (TPSA) is 124 Å². The van der Waals surface area contributed by atoms with Gasteiger partial charge >= 0.3 is 12.4 Å². The van der Waals surface area contributed by atoms with Gasteiger partial charge in [0.15, 0.2) is 0 Å². The van der Waals surface area contributed by atoms with Gasteiger partial charge in [-0.1, -0.05) is 0 Å². The monoisotopic (exact) mass is 568 g/mol. The summed E-state index contributed by atoms with van der Waals surface area (Å²) in [6, 6.07) is 4.19. The van der Waals surface area contributed by atoms with Gasteiger partial charge in [0, 0.05) is 46.8 Å². The number of H-pyrrole nitrogens is 1. The summed E-state index contributed by atoms with van der Waals surface area (Å²) in [4.78, 5) is 44.2. The molecule has 1 fully saturated rings. The lowest BCUT2D eigenvalue weighted by Gasteiger charge is -2.34. The largest absolute Gasteiger partial charge is 0.414 e. The van der Waals surface area contributed by atoms with Gasteiger partial charge in [0.1, 0.15) is 12.0 Å². The normalized spacial score (nSPS) is 19.0. The Kier molecular flexibility index (Phi) is 9.22. The van der Waals surface area contributed by atoms with Crippen LogP contribution in [0.1, 0.15) is 39.3 Å². The number of alkyl halides is 2. The molecule has 0 aliphatic carbocycles. The molecule has 0 spiro atoms. The number of hydrogen-bond acceptors (Lipinski definition) is 7. The Bertz CT molecular complexity index is 1310. The van der Waals surface area contributed by atoms with Gasteiger partial charge < -0.3 is 25.0 Å². The van der Waals surface area contributed by atoms with E-state index in [-0.39, 0.29) is 18.4 Å². The summed E-state index contributed by atoms with van der Waals surface area (Å²) in [6.45, 7) is 5.07. The number of carbonyl (C=O) groups is 3. The maximum atomic E-state index is 13.8. The Labute approximate surface area is 226 Å². The number of morpholine rings is 1. The van der Waals surface area contributed by atoms with Crippen molar-refractivity contribution in [2.75, 3.05) is 44.7 Å². The first-order valence-corrected chi connectivity index (χ1v) is 12.5. The Balaban J connectivity index is 0.000000470. The molecule has 3 N–H and O–H groups in total. The summed E-state index contributed by atoms with van der Waals surface area (Å²) in [5.74, 6) is -3.00. The minimum Gasteiger partial charge on any atom is -0.379 e. The predicted octanol–water partition coefficient (Wildman–Crippen LogP) is 2.67. The van der Waals surface area contributed by atoms with E-state index in [1.807, 2.05) is 11.8 Å². The van der Waals surface area contributed by atoms with Crippen LogP contribution < -0.4 is 5.32 Å². The van der Waals surface area contributed by atoms with Gasteiger partial charge in [0.05, 0.1) is 30.9 Å². The second-order valence-corrected chi connectivity index (χ2v) is 9.40. The summed E-state index contributed by atoms with van der Waals surface area (Å²) in [5, 5.41) is 13.4. The van der Waals surface area contributed by atoms with Crippen molar-refractivity contribution in [1.82, 2.24) is 14.8 Å². The minimum absolute atomic E-state index is 0.129. The number of aromatic nitrogens is 1. The summed E-state index contributed by atoms with van der Waals surface area (Å²) in [6.07, 6.45) is -0.977. The van der Waals surface area contributed by atoms with E-state index in [0.717, 1.165) is 17.7 Å². The Hall–Kier alpha value is -3.75. The van der Waals surface area contributed by atoms with Crippen LogP contribution in [0.15, 0.2) is 18.2 Å². The molecular weight excluding hydrogens is 540 g/mol. The van der Waals surface area contributed by atoms with Crippen LogP contribution in [0.5, 0.6) is 0 Å². The van der Waals surface area contributed by atoms with Gasteiger partial charge in [-0.2, -0.15) is 8.78 Å². The molecule has 1 atom stereocenters. The van der Waals surface area contributed by atoms with E-state index >= 15 is 0 Å². The third kappa shape index (κ3) is 6.35. The molecule has 3 aliphatic heterocycles. The first-order valence-electron chi connectivity index (χ1n) is 12.5. The number of amides is 2. The number of aromatic amines is 1. The fraction of sp³-hybridized carbons (Fsp3) is 0.423. The number of fused-ring (bicyclic) bond motifs is 2. The molecule has 0 saturated carbocycles. The Morgan fingerprint density at radius 3 is 2.60 bits per heavy atom. The van der Waals surface area contributed by atoms with Crippen molar-refractivity contribution < 1.29 is 46.9 Å².